The first kappa shape index (κ1) is 17.1. The van der Waals surface area contributed by atoms with Crippen LogP contribution < -0.4 is 16.0 Å². The summed E-state index contributed by atoms with van der Waals surface area (Å²) in [6.45, 7) is -0.0998. The zero-order valence-corrected chi connectivity index (χ0v) is 14.6. The van der Waals surface area contributed by atoms with E-state index in [1.165, 1.54) is 4.57 Å². The lowest BCUT2D eigenvalue weighted by atomic mass is 10.2. The number of aromatic nitrogens is 4. The fourth-order valence-corrected chi connectivity index (χ4v) is 2.61. The van der Waals surface area contributed by atoms with Crippen molar-refractivity contribution in [2.45, 2.75) is 6.54 Å². The van der Waals surface area contributed by atoms with Gasteiger partial charge in [-0.25, -0.2) is 14.3 Å². The van der Waals surface area contributed by atoms with Gasteiger partial charge in [-0.15, -0.1) is 6.42 Å². The molecule has 0 aliphatic carbocycles. The van der Waals surface area contributed by atoms with Crippen LogP contribution in [0, 0.1) is 24.2 Å². The average molecular weight is 348 g/mol. The van der Waals surface area contributed by atoms with Gasteiger partial charge in [0.05, 0.1) is 13.7 Å². The molecule has 0 bridgehead atoms. The Kier molecular flexibility index (Phi) is 4.38. The van der Waals surface area contributed by atoms with Crippen LogP contribution in [0.3, 0.4) is 0 Å². The quantitative estimate of drug-likeness (QED) is 0.632. The molecule has 0 aliphatic heterocycles. The summed E-state index contributed by atoms with van der Waals surface area (Å²) in [7, 11) is 4.81. The van der Waals surface area contributed by atoms with E-state index in [0.29, 0.717) is 11.6 Å². The lowest BCUT2D eigenvalue weighted by molar-refractivity contribution is 0.414. The Bertz CT molecular complexity index is 1230. The first-order valence-corrected chi connectivity index (χ1v) is 7.73. The first-order chi connectivity index (χ1) is 12.5. The molecule has 0 N–H and O–H groups in total. The molecule has 26 heavy (non-hydrogen) atoms. The van der Waals surface area contributed by atoms with Gasteiger partial charge in [-0.1, -0.05) is 17.9 Å². The van der Waals surface area contributed by atoms with Crippen LogP contribution in [0.1, 0.15) is 11.4 Å². The van der Waals surface area contributed by atoms with Gasteiger partial charge in [0.15, 0.2) is 17.0 Å². The van der Waals surface area contributed by atoms with Crippen LogP contribution in [0.4, 0.5) is 0 Å². The van der Waals surface area contributed by atoms with Crippen molar-refractivity contribution in [3.8, 4) is 29.9 Å². The van der Waals surface area contributed by atoms with E-state index in [-0.39, 0.29) is 17.7 Å². The highest BCUT2D eigenvalue weighted by molar-refractivity contribution is 5.72. The smallest absolute Gasteiger partial charge is 0.333 e. The number of benzene rings is 1. The van der Waals surface area contributed by atoms with Gasteiger partial charge in [-0.3, -0.25) is 9.36 Å². The van der Waals surface area contributed by atoms with Crippen molar-refractivity contribution in [2.75, 3.05) is 7.11 Å². The van der Waals surface area contributed by atoms with E-state index in [1.54, 1.807) is 31.8 Å². The van der Waals surface area contributed by atoms with Crippen LogP contribution in [-0.4, -0.2) is 25.8 Å². The maximum atomic E-state index is 12.6. The molecule has 0 atom stereocenters. The Morgan fingerprint density at radius 1 is 1.19 bits per heavy atom. The van der Waals surface area contributed by atoms with E-state index in [2.05, 4.69) is 22.7 Å². The van der Waals surface area contributed by atoms with Gasteiger partial charge < -0.3 is 9.30 Å². The van der Waals surface area contributed by atoms with E-state index in [4.69, 9.17) is 11.2 Å². The summed E-state index contributed by atoms with van der Waals surface area (Å²) in [5.41, 5.74) is 0.300. The standard InChI is InChI=1S/C19H16N4O3/c1-5-11-23-18(24)16-17(22(3)19(23)25)20-15(21(16)2)10-9-13-7-6-8-14(12-13)26-4/h1,6-8,12H,11H2,2-4H3. The van der Waals surface area contributed by atoms with Gasteiger partial charge in [-0.2, -0.15) is 0 Å². The van der Waals surface area contributed by atoms with Gasteiger partial charge in [0.2, 0.25) is 0 Å². The number of hydrogen-bond acceptors (Lipinski definition) is 4. The summed E-state index contributed by atoms with van der Waals surface area (Å²) < 4.78 is 9.04. The lowest BCUT2D eigenvalue weighted by Crippen LogP contribution is -2.39. The molecular weight excluding hydrogens is 332 g/mol. The Hall–Kier alpha value is -3.71. The van der Waals surface area contributed by atoms with Crippen LogP contribution in [0.25, 0.3) is 11.2 Å². The van der Waals surface area contributed by atoms with Crippen LogP contribution >= 0.6 is 0 Å². The van der Waals surface area contributed by atoms with E-state index < -0.39 is 11.2 Å². The van der Waals surface area contributed by atoms with E-state index in [1.807, 2.05) is 18.2 Å². The molecular formula is C19H16N4O3. The predicted octanol–water partition coefficient (Wildman–Crippen LogP) is 0.475. The fraction of sp³-hybridized carbons (Fsp3) is 0.211. The molecule has 0 amide bonds. The lowest BCUT2D eigenvalue weighted by Gasteiger charge is -2.05. The van der Waals surface area contributed by atoms with Gasteiger partial charge in [0, 0.05) is 19.7 Å². The summed E-state index contributed by atoms with van der Waals surface area (Å²) >= 11 is 0. The molecule has 0 radical (unpaired) electrons. The zero-order chi connectivity index (χ0) is 18.8. The second kappa shape index (κ2) is 6.66. The Labute approximate surface area is 149 Å². The minimum atomic E-state index is -0.508. The highest BCUT2D eigenvalue weighted by Gasteiger charge is 2.17. The van der Waals surface area contributed by atoms with E-state index in [0.717, 1.165) is 10.1 Å². The highest BCUT2D eigenvalue weighted by atomic mass is 16.5. The SMILES string of the molecule is C#CCn1c(=O)c2c(nc(C#Cc3cccc(OC)c3)n2C)n(C)c1=O. The molecule has 3 aromatic rings. The van der Waals surface area contributed by atoms with Crippen molar-refractivity contribution in [1.82, 2.24) is 18.7 Å². The largest absolute Gasteiger partial charge is 0.497 e. The van der Waals surface area contributed by atoms with Crippen molar-refractivity contribution in [3.63, 3.8) is 0 Å². The number of terminal acetylenes is 1. The van der Waals surface area contributed by atoms with Crippen LogP contribution in [-0.2, 0) is 20.6 Å². The number of methoxy groups -OCH3 is 1. The number of hydrogen-bond donors (Lipinski definition) is 0. The molecule has 7 heteroatoms. The first-order valence-electron chi connectivity index (χ1n) is 7.73. The molecule has 3 rings (SSSR count). The molecule has 7 nitrogen and oxygen atoms in total. The van der Waals surface area contributed by atoms with Crippen LogP contribution in [0.5, 0.6) is 5.75 Å². The Balaban J connectivity index is 2.20. The summed E-state index contributed by atoms with van der Waals surface area (Å²) in [5.74, 6) is 9.31. The van der Waals surface area contributed by atoms with Gasteiger partial charge >= 0.3 is 5.69 Å². The molecule has 2 heterocycles. The van der Waals surface area contributed by atoms with Crippen molar-refractivity contribution >= 4 is 11.2 Å². The van der Waals surface area contributed by atoms with Crippen molar-refractivity contribution < 1.29 is 4.74 Å². The van der Waals surface area contributed by atoms with Crippen molar-refractivity contribution in [3.05, 3.63) is 56.5 Å². The van der Waals surface area contributed by atoms with E-state index in [9.17, 15) is 9.59 Å². The fourth-order valence-electron chi connectivity index (χ4n) is 2.61. The minimum absolute atomic E-state index is 0.0998. The maximum Gasteiger partial charge on any atom is 0.333 e. The molecule has 130 valence electrons. The van der Waals surface area contributed by atoms with Gasteiger partial charge in [0.1, 0.15) is 5.75 Å². The summed E-state index contributed by atoms with van der Waals surface area (Å²) in [5, 5.41) is 0. The minimum Gasteiger partial charge on any atom is -0.497 e. The van der Waals surface area contributed by atoms with Gasteiger partial charge in [0.25, 0.3) is 5.56 Å². The highest BCUT2D eigenvalue weighted by Crippen LogP contribution is 2.12. The number of aryl methyl sites for hydroxylation is 2. The summed E-state index contributed by atoms with van der Waals surface area (Å²) in [6.07, 6.45) is 5.26. The third-order valence-corrected chi connectivity index (χ3v) is 4.00. The monoisotopic (exact) mass is 348 g/mol. The molecule has 0 unspecified atom stereocenters. The number of fused-ring (bicyclic) bond motifs is 1. The molecule has 0 aliphatic rings. The number of rotatable bonds is 2. The predicted molar refractivity (Wildman–Crippen MR) is 98.0 cm³/mol. The average Bonchev–Trinajstić information content (AvgIpc) is 2.98. The molecule has 0 saturated heterocycles. The van der Waals surface area contributed by atoms with Crippen molar-refractivity contribution in [2.24, 2.45) is 14.1 Å². The third-order valence-electron chi connectivity index (χ3n) is 4.00. The summed E-state index contributed by atoms with van der Waals surface area (Å²) in [4.78, 5) is 29.3. The Morgan fingerprint density at radius 3 is 2.65 bits per heavy atom. The molecule has 0 spiro atoms. The number of ether oxygens (including phenoxy) is 1. The maximum absolute atomic E-state index is 12.6. The topological polar surface area (TPSA) is 71.1 Å². The second-order valence-electron chi connectivity index (χ2n) is 5.59. The van der Waals surface area contributed by atoms with E-state index >= 15 is 0 Å². The molecule has 1 aromatic carbocycles. The molecule has 0 fully saturated rings. The Morgan fingerprint density at radius 2 is 1.96 bits per heavy atom. The molecule has 0 saturated carbocycles. The second-order valence-corrected chi connectivity index (χ2v) is 5.59. The molecule has 2 aromatic heterocycles. The number of imidazole rings is 1. The van der Waals surface area contributed by atoms with Crippen molar-refractivity contribution in [1.29, 1.82) is 0 Å². The normalized spacial score (nSPS) is 10.2. The van der Waals surface area contributed by atoms with Gasteiger partial charge in [-0.05, 0) is 24.1 Å². The number of nitrogens with zero attached hydrogens (tertiary/aromatic N) is 4. The van der Waals surface area contributed by atoms with Crippen LogP contribution in [0.2, 0.25) is 0 Å². The summed E-state index contributed by atoms with van der Waals surface area (Å²) in [6, 6.07) is 7.29. The van der Waals surface area contributed by atoms with Crippen LogP contribution in [0.15, 0.2) is 33.9 Å². The zero-order valence-electron chi connectivity index (χ0n) is 14.6. The third kappa shape index (κ3) is 2.76.